The van der Waals surface area contributed by atoms with Crippen molar-refractivity contribution >= 4 is 67.0 Å². The molecule has 128 valence electrons. The second-order valence-corrected chi connectivity index (χ2v) is 7.03. The lowest BCUT2D eigenvalue weighted by atomic mass is 10.1. The number of esters is 1. The van der Waals surface area contributed by atoms with Crippen molar-refractivity contribution in [3.63, 3.8) is 0 Å². The summed E-state index contributed by atoms with van der Waals surface area (Å²) < 4.78 is 5.81. The molecule has 0 heterocycles. The van der Waals surface area contributed by atoms with Crippen molar-refractivity contribution in [1.82, 2.24) is 0 Å². The number of carbonyl (C=O) groups is 2. The van der Waals surface area contributed by atoms with Crippen LogP contribution in [0.2, 0.25) is 10.0 Å². The van der Waals surface area contributed by atoms with Crippen LogP contribution in [0.15, 0.2) is 39.3 Å². The van der Waals surface area contributed by atoms with Crippen LogP contribution in [-0.4, -0.2) is 24.2 Å². The van der Waals surface area contributed by atoms with Crippen LogP contribution in [0.5, 0.6) is 0 Å². The highest BCUT2D eigenvalue weighted by molar-refractivity contribution is 9.10. The Morgan fingerprint density at radius 3 is 2.17 bits per heavy atom. The molecule has 0 aromatic heterocycles. The molecule has 0 fully saturated rings. The van der Waals surface area contributed by atoms with E-state index >= 15 is 0 Å². The van der Waals surface area contributed by atoms with Gasteiger partial charge >= 0.3 is 11.9 Å². The standard InChI is InChI=1S/2C8H6BrClO2/c1-4-2-5(10)3-6(7(4)9)8(11)12;1-12-8(11)6-4-5(10)2-3-7(6)9/h2-3H,1H3,(H,11,12);2-4H,1H3. The van der Waals surface area contributed by atoms with Gasteiger partial charge < -0.3 is 9.84 Å². The van der Waals surface area contributed by atoms with Crippen molar-refractivity contribution in [2.24, 2.45) is 0 Å². The molecular formula is C16H12Br2Cl2O4. The lowest BCUT2D eigenvalue weighted by molar-refractivity contribution is 0.0598. The van der Waals surface area contributed by atoms with E-state index in [0.29, 0.717) is 24.6 Å². The molecule has 2 aromatic rings. The quantitative estimate of drug-likeness (QED) is 0.516. The molecule has 2 rings (SSSR count). The Kier molecular flexibility index (Phi) is 8.22. The molecule has 0 spiro atoms. The van der Waals surface area contributed by atoms with Crippen molar-refractivity contribution in [3.05, 3.63) is 66.0 Å². The largest absolute Gasteiger partial charge is 0.478 e. The van der Waals surface area contributed by atoms with E-state index in [9.17, 15) is 9.59 Å². The van der Waals surface area contributed by atoms with Crippen LogP contribution in [0.25, 0.3) is 0 Å². The van der Waals surface area contributed by atoms with E-state index in [4.69, 9.17) is 28.3 Å². The summed E-state index contributed by atoms with van der Waals surface area (Å²) in [6.07, 6.45) is 0. The van der Waals surface area contributed by atoms with Gasteiger partial charge in [0, 0.05) is 19.0 Å². The van der Waals surface area contributed by atoms with Crippen LogP contribution in [0.4, 0.5) is 0 Å². The number of hydrogen-bond acceptors (Lipinski definition) is 3. The summed E-state index contributed by atoms with van der Waals surface area (Å²) in [6.45, 7) is 1.79. The summed E-state index contributed by atoms with van der Waals surface area (Å²) in [5.74, 6) is -1.38. The molecule has 0 amide bonds. The minimum Gasteiger partial charge on any atom is -0.478 e. The third-order valence-corrected chi connectivity index (χ3v) is 4.98. The van der Waals surface area contributed by atoms with Gasteiger partial charge in [0.2, 0.25) is 0 Å². The monoisotopic (exact) mass is 496 g/mol. The molecule has 2 aromatic carbocycles. The van der Waals surface area contributed by atoms with Gasteiger partial charge in [0.15, 0.2) is 0 Å². The highest BCUT2D eigenvalue weighted by Gasteiger charge is 2.11. The zero-order chi connectivity index (χ0) is 18.4. The predicted octanol–water partition coefficient (Wildman–Crippen LogP) is 6.00. The first kappa shape index (κ1) is 21.0. The minimum atomic E-state index is -0.979. The van der Waals surface area contributed by atoms with Crippen LogP contribution in [0.3, 0.4) is 0 Å². The number of methoxy groups -OCH3 is 1. The lowest BCUT2D eigenvalue weighted by Gasteiger charge is -2.02. The number of rotatable bonds is 2. The summed E-state index contributed by atoms with van der Waals surface area (Å²) in [6, 6.07) is 8.07. The molecule has 0 aliphatic heterocycles. The van der Waals surface area contributed by atoms with Gasteiger partial charge in [0.05, 0.1) is 18.2 Å². The summed E-state index contributed by atoms with van der Waals surface area (Å²) in [5.41, 5.74) is 1.45. The molecule has 0 aliphatic rings. The number of ether oxygens (including phenoxy) is 1. The Morgan fingerprint density at radius 2 is 1.62 bits per heavy atom. The van der Waals surface area contributed by atoms with Crippen LogP contribution < -0.4 is 0 Å². The summed E-state index contributed by atoms with van der Waals surface area (Å²) >= 11 is 17.8. The van der Waals surface area contributed by atoms with Crippen LogP contribution in [0.1, 0.15) is 26.3 Å². The number of aromatic carboxylic acids is 1. The zero-order valence-electron chi connectivity index (χ0n) is 12.6. The van der Waals surface area contributed by atoms with Crippen LogP contribution in [-0.2, 0) is 4.74 Å². The van der Waals surface area contributed by atoms with Gasteiger partial charge in [-0.05, 0) is 74.7 Å². The van der Waals surface area contributed by atoms with Gasteiger partial charge in [0.25, 0.3) is 0 Å². The molecule has 0 bridgehead atoms. The molecular weight excluding hydrogens is 487 g/mol. The van der Waals surface area contributed by atoms with Gasteiger partial charge in [-0.3, -0.25) is 0 Å². The molecule has 1 N–H and O–H groups in total. The number of carboxylic acids is 1. The Balaban J connectivity index is 0.000000240. The van der Waals surface area contributed by atoms with E-state index in [0.717, 1.165) is 5.56 Å². The molecule has 0 atom stereocenters. The molecule has 8 heteroatoms. The fourth-order valence-electron chi connectivity index (χ4n) is 1.65. The Labute approximate surface area is 166 Å². The van der Waals surface area contributed by atoms with E-state index in [1.54, 1.807) is 31.2 Å². The maximum absolute atomic E-state index is 11.1. The lowest BCUT2D eigenvalue weighted by Crippen LogP contribution is -2.01. The highest BCUT2D eigenvalue weighted by atomic mass is 79.9. The first-order valence-corrected chi connectivity index (χ1v) is 8.73. The van der Waals surface area contributed by atoms with Crippen molar-refractivity contribution in [3.8, 4) is 0 Å². The van der Waals surface area contributed by atoms with Crippen LogP contribution in [0, 0.1) is 6.92 Å². The summed E-state index contributed by atoms with van der Waals surface area (Å²) in [4.78, 5) is 21.7. The average Bonchev–Trinajstić information content (AvgIpc) is 2.52. The van der Waals surface area contributed by atoms with E-state index in [1.165, 1.54) is 13.2 Å². The zero-order valence-corrected chi connectivity index (χ0v) is 17.3. The number of carbonyl (C=O) groups excluding carboxylic acids is 1. The molecule has 0 saturated heterocycles. The number of aryl methyl sites for hydroxylation is 1. The second-order valence-electron chi connectivity index (χ2n) is 4.51. The maximum atomic E-state index is 11.1. The number of hydrogen-bond donors (Lipinski definition) is 1. The first-order valence-electron chi connectivity index (χ1n) is 6.39. The fourth-order valence-corrected chi connectivity index (χ4v) is 2.90. The minimum absolute atomic E-state index is 0.194. The van der Waals surface area contributed by atoms with E-state index in [2.05, 4.69) is 36.6 Å². The summed E-state index contributed by atoms with van der Waals surface area (Å²) in [5, 5.41) is 9.68. The number of carboxylic acid groups (broad SMARTS) is 1. The topological polar surface area (TPSA) is 63.6 Å². The van der Waals surface area contributed by atoms with Crippen molar-refractivity contribution in [2.45, 2.75) is 6.92 Å². The number of benzene rings is 2. The molecule has 0 unspecified atom stereocenters. The highest BCUT2D eigenvalue weighted by Crippen LogP contribution is 2.25. The van der Waals surface area contributed by atoms with Crippen molar-refractivity contribution < 1.29 is 19.4 Å². The van der Waals surface area contributed by atoms with Crippen LogP contribution >= 0.6 is 55.1 Å². The average molecular weight is 499 g/mol. The maximum Gasteiger partial charge on any atom is 0.339 e. The van der Waals surface area contributed by atoms with Crippen molar-refractivity contribution in [1.29, 1.82) is 0 Å². The molecule has 0 saturated carbocycles. The normalized spacial score (nSPS) is 9.75. The smallest absolute Gasteiger partial charge is 0.339 e. The third-order valence-electron chi connectivity index (χ3n) is 2.78. The number of halogens is 4. The molecule has 0 aliphatic carbocycles. The predicted molar refractivity (Wildman–Crippen MR) is 101 cm³/mol. The second kappa shape index (κ2) is 9.42. The first-order chi connectivity index (χ1) is 11.2. The Bertz CT molecular complexity index is 779. The SMILES string of the molecule is COC(=O)c1cc(Cl)ccc1Br.Cc1cc(Cl)cc(C(=O)O)c1Br. The molecule has 24 heavy (non-hydrogen) atoms. The van der Waals surface area contributed by atoms with Gasteiger partial charge in [0.1, 0.15) is 0 Å². The van der Waals surface area contributed by atoms with E-state index in [1.807, 2.05) is 0 Å². The Morgan fingerprint density at radius 1 is 1.04 bits per heavy atom. The third kappa shape index (κ3) is 5.77. The molecule has 4 nitrogen and oxygen atoms in total. The fraction of sp³-hybridized carbons (Fsp3) is 0.125. The summed E-state index contributed by atoms with van der Waals surface area (Å²) in [7, 11) is 1.33. The van der Waals surface area contributed by atoms with Gasteiger partial charge in [-0.15, -0.1) is 0 Å². The van der Waals surface area contributed by atoms with E-state index in [-0.39, 0.29) is 5.56 Å². The molecule has 0 radical (unpaired) electrons. The van der Waals surface area contributed by atoms with Crippen molar-refractivity contribution in [2.75, 3.05) is 7.11 Å². The van der Waals surface area contributed by atoms with Gasteiger partial charge in [-0.2, -0.15) is 0 Å². The van der Waals surface area contributed by atoms with E-state index < -0.39 is 11.9 Å². The van der Waals surface area contributed by atoms with Gasteiger partial charge in [-0.1, -0.05) is 23.2 Å². The van der Waals surface area contributed by atoms with Gasteiger partial charge in [-0.25, -0.2) is 9.59 Å². The Hall–Kier alpha value is -1.08.